The van der Waals surface area contributed by atoms with Gasteiger partial charge in [-0.3, -0.25) is 4.79 Å². The maximum absolute atomic E-state index is 11.0. The van der Waals surface area contributed by atoms with Gasteiger partial charge in [-0.2, -0.15) is 0 Å². The summed E-state index contributed by atoms with van der Waals surface area (Å²) < 4.78 is 0. The van der Waals surface area contributed by atoms with Gasteiger partial charge in [0.25, 0.3) is 0 Å². The molecule has 0 unspecified atom stereocenters. The van der Waals surface area contributed by atoms with E-state index in [1.54, 1.807) is 0 Å². The summed E-state index contributed by atoms with van der Waals surface area (Å²) in [5.74, 6) is 0.973. The number of nitrogens with one attached hydrogen (secondary N) is 1. The highest BCUT2D eigenvalue weighted by molar-refractivity contribution is 8.13. The van der Waals surface area contributed by atoms with Crippen LogP contribution in [-0.2, 0) is 4.79 Å². The third kappa shape index (κ3) is 7.88. The zero-order valence-electron chi connectivity index (χ0n) is 7.35. The van der Waals surface area contributed by atoms with Crippen LogP contribution in [0.5, 0.6) is 0 Å². The van der Waals surface area contributed by atoms with Crippen molar-refractivity contribution in [1.82, 2.24) is 5.32 Å². The summed E-state index contributed by atoms with van der Waals surface area (Å²) in [6.45, 7) is 5.53. The molecule has 1 N–H and O–H groups in total. The standard InChI is InChI=1S/C8H17NOS/c1-3-5-6-11-8(10)7-9-4-2/h9H,3-7H2,1-2H3. The molecule has 0 heterocycles. The van der Waals surface area contributed by atoms with Gasteiger partial charge in [0.1, 0.15) is 0 Å². The molecule has 0 amide bonds. The van der Waals surface area contributed by atoms with Crippen molar-refractivity contribution in [2.45, 2.75) is 26.7 Å². The van der Waals surface area contributed by atoms with Crippen LogP contribution in [0.2, 0.25) is 0 Å². The largest absolute Gasteiger partial charge is 0.310 e. The number of thioether (sulfide) groups is 1. The van der Waals surface area contributed by atoms with Gasteiger partial charge in [-0.1, -0.05) is 32.0 Å². The molecule has 0 aliphatic heterocycles. The molecule has 0 aromatic carbocycles. The summed E-state index contributed by atoms with van der Waals surface area (Å²) in [4.78, 5) is 11.0. The first kappa shape index (κ1) is 11.0. The van der Waals surface area contributed by atoms with Gasteiger partial charge < -0.3 is 5.32 Å². The van der Waals surface area contributed by atoms with Crippen LogP contribution >= 0.6 is 11.8 Å². The minimum atomic E-state index is 0.264. The van der Waals surface area contributed by atoms with Crippen LogP contribution in [-0.4, -0.2) is 24.0 Å². The average molecular weight is 175 g/mol. The van der Waals surface area contributed by atoms with Gasteiger partial charge >= 0.3 is 0 Å². The number of carbonyl (C=O) groups is 1. The molecule has 0 aliphatic rings. The Hall–Kier alpha value is -0.0200. The van der Waals surface area contributed by atoms with E-state index in [-0.39, 0.29) is 5.12 Å². The van der Waals surface area contributed by atoms with E-state index in [1.165, 1.54) is 18.2 Å². The number of carbonyl (C=O) groups excluding carboxylic acids is 1. The van der Waals surface area contributed by atoms with Crippen molar-refractivity contribution >= 4 is 16.9 Å². The molecule has 0 rings (SSSR count). The fourth-order valence-electron chi connectivity index (χ4n) is 0.608. The lowest BCUT2D eigenvalue weighted by molar-refractivity contribution is -0.110. The number of unbranched alkanes of at least 4 members (excludes halogenated alkanes) is 1. The maximum Gasteiger partial charge on any atom is 0.202 e. The lowest BCUT2D eigenvalue weighted by Gasteiger charge is -1.99. The number of hydrogen-bond donors (Lipinski definition) is 1. The molecule has 0 aromatic heterocycles. The van der Waals surface area contributed by atoms with Crippen molar-refractivity contribution in [3.63, 3.8) is 0 Å². The predicted molar refractivity (Wildman–Crippen MR) is 50.9 cm³/mol. The van der Waals surface area contributed by atoms with Crippen molar-refractivity contribution in [3.8, 4) is 0 Å². The Balaban J connectivity index is 3.09. The van der Waals surface area contributed by atoms with E-state index < -0.39 is 0 Å². The van der Waals surface area contributed by atoms with Crippen LogP contribution < -0.4 is 5.32 Å². The topological polar surface area (TPSA) is 29.1 Å². The van der Waals surface area contributed by atoms with E-state index in [4.69, 9.17) is 0 Å². The van der Waals surface area contributed by atoms with Gasteiger partial charge in [-0.25, -0.2) is 0 Å². The molecular formula is C8H17NOS. The highest BCUT2D eigenvalue weighted by Crippen LogP contribution is 2.04. The summed E-state index contributed by atoms with van der Waals surface area (Å²) in [5.41, 5.74) is 0. The Kier molecular flexibility index (Phi) is 8.07. The molecule has 0 aromatic rings. The van der Waals surface area contributed by atoms with E-state index in [2.05, 4.69) is 12.2 Å². The second-order valence-corrected chi connectivity index (χ2v) is 3.51. The van der Waals surface area contributed by atoms with Crippen LogP contribution in [0.1, 0.15) is 26.7 Å². The number of likely N-dealkylation sites (N-methyl/N-ethyl adjacent to an activating group) is 1. The summed E-state index contributed by atoms with van der Waals surface area (Å²) in [7, 11) is 0. The molecule has 0 fully saturated rings. The fraction of sp³-hybridized carbons (Fsp3) is 0.875. The van der Waals surface area contributed by atoms with Gasteiger partial charge in [-0.05, 0) is 13.0 Å². The molecule has 2 nitrogen and oxygen atoms in total. The van der Waals surface area contributed by atoms with E-state index in [9.17, 15) is 4.79 Å². The van der Waals surface area contributed by atoms with Gasteiger partial charge in [0.05, 0.1) is 6.54 Å². The Labute approximate surface area is 73.1 Å². The number of hydrogen-bond acceptors (Lipinski definition) is 3. The van der Waals surface area contributed by atoms with Crippen molar-refractivity contribution < 1.29 is 4.79 Å². The first-order valence-electron chi connectivity index (χ1n) is 4.17. The first-order chi connectivity index (χ1) is 5.31. The van der Waals surface area contributed by atoms with E-state index >= 15 is 0 Å². The Bertz CT molecular complexity index is 106. The van der Waals surface area contributed by atoms with Crippen LogP contribution in [0, 0.1) is 0 Å². The van der Waals surface area contributed by atoms with Crippen LogP contribution in [0.3, 0.4) is 0 Å². The molecule has 3 heteroatoms. The Morgan fingerprint density at radius 3 is 2.73 bits per heavy atom. The highest BCUT2D eigenvalue weighted by atomic mass is 32.2. The third-order valence-electron chi connectivity index (χ3n) is 1.28. The normalized spacial score (nSPS) is 10.0. The Morgan fingerprint density at radius 1 is 1.45 bits per heavy atom. The van der Waals surface area contributed by atoms with E-state index in [0.717, 1.165) is 18.7 Å². The van der Waals surface area contributed by atoms with Crippen molar-refractivity contribution in [1.29, 1.82) is 0 Å². The van der Waals surface area contributed by atoms with E-state index in [0.29, 0.717) is 6.54 Å². The smallest absolute Gasteiger partial charge is 0.202 e. The molecule has 0 saturated heterocycles. The van der Waals surface area contributed by atoms with Crippen LogP contribution in [0.4, 0.5) is 0 Å². The lowest BCUT2D eigenvalue weighted by atomic mass is 10.4. The fourth-order valence-corrected chi connectivity index (χ4v) is 1.47. The predicted octanol–water partition coefficient (Wildman–Crippen LogP) is 1.66. The van der Waals surface area contributed by atoms with Crippen molar-refractivity contribution in [2.75, 3.05) is 18.8 Å². The molecular weight excluding hydrogens is 158 g/mol. The second kappa shape index (κ2) is 8.08. The van der Waals surface area contributed by atoms with Crippen molar-refractivity contribution in [2.24, 2.45) is 0 Å². The quantitative estimate of drug-likeness (QED) is 0.622. The molecule has 0 radical (unpaired) electrons. The summed E-state index contributed by atoms with van der Waals surface area (Å²) in [6.07, 6.45) is 2.31. The Morgan fingerprint density at radius 2 is 2.18 bits per heavy atom. The molecule has 0 aliphatic carbocycles. The minimum Gasteiger partial charge on any atom is -0.310 e. The van der Waals surface area contributed by atoms with E-state index in [1.807, 2.05) is 6.92 Å². The lowest BCUT2D eigenvalue weighted by Crippen LogP contribution is -2.20. The monoisotopic (exact) mass is 175 g/mol. The second-order valence-electron chi connectivity index (χ2n) is 2.35. The first-order valence-corrected chi connectivity index (χ1v) is 5.16. The third-order valence-corrected chi connectivity index (χ3v) is 2.24. The van der Waals surface area contributed by atoms with Crippen molar-refractivity contribution in [3.05, 3.63) is 0 Å². The highest BCUT2D eigenvalue weighted by Gasteiger charge is 1.99. The zero-order chi connectivity index (χ0) is 8.53. The molecule has 0 saturated carbocycles. The molecule has 11 heavy (non-hydrogen) atoms. The van der Waals surface area contributed by atoms with Gasteiger partial charge in [0, 0.05) is 5.75 Å². The molecule has 66 valence electrons. The van der Waals surface area contributed by atoms with Gasteiger partial charge in [0.2, 0.25) is 5.12 Å². The zero-order valence-corrected chi connectivity index (χ0v) is 8.17. The minimum absolute atomic E-state index is 0.264. The van der Waals surface area contributed by atoms with Crippen LogP contribution in [0.25, 0.3) is 0 Å². The van der Waals surface area contributed by atoms with Gasteiger partial charge in [0.15, 0.2) is 0 Å². The molecule has 0 atom stereocenters. The SMILES string of the molecule is CCCCSC(=O)CNCC. The summed E-state index contributed by atoms with van der Waals surface area (Å²) >= 11 is 1.44. The molecule has 0 spiro atoms. The van der Waals surface area contributed by atoms with Crippen LogP contribution in [0.15, 0.2) is 0 Å². The summed E-state index contributed by atoms with van der Waals surface area (Å²) in [5, 5.41) is 3.27. The summed E-state index contributed by atoms with van der Waals surface area (Å²) in [6, 6.07) is 0. The number of rotatable bonds is 6. The molecule has 0 bridgehead atoms. The maximum atomic E-state index is 11.0. The van der Waals surface area contributed by atoms with Gasteiger partial charge in [-0.15, -0.1) is 0 Å². The average Bonchev–Trinajstić information content (AvgIpc) is 2.01.